The van der Waals surface area contributed by atoms with Crippen molar-refractivity contribution in [1.82, 2.24) is 0 Å². The Balaban J connectivity index is 0.000000142. The molecule has 0 spiro atoms. The minimum absolute atomic E-state index is 0. The molecule has 4 aromatic heterocycles. The zero-order valence-electron chi connectivity index (χ0n) is 72.1. The summed E-state index contributed by atoms with van der Waals surface area (Å²) in [5.74, 6) is -0.601. The second kappa shape index (κ2) is 44.0. The number of ketones is 4. The molecule has 13 nitrogen and oxygen atoms in total. The van der Waals surface area contributed by atoms with Crippen molar-refractivity contribution in [2.24, 2.45) is 0 Å². The number of halogens is 4. The molecule has 0 saturated carbocycles. The summed E-state index contributed by atoms with van der Waals surface area (Å²) < 4.78 is 32.9. The van der Waals surface area contributed by atoms with Crippen LogP contribution in [0, 0.1) is 6.92 Å². The number of hydrogen-bond donors (Lipinski definition) is 2. The summed E-state index contributed by atoms with van der Waals surface area (Å²) in [6.07, 6.45) is 4.83. The number of nitrogens with zero attached hydrogens (tertiary/aromatic N) is 2. The number of nitrogens with two attached hydrogens (primary N) is 1. The van der Waals surface area contributed by atoms with E-state index >= 15 is 0 Å². The van der Waals surface area contributed by atoms with Crippen LogP contribution in [-0.4, -0.2) is 36.3 Å². The van der Waals surface area contributed by atoms with Crippen molar-refractivity contribution < 1.29 is 60.4 Å². The molecule has 3 aliphatic rings. The summed E-state index contributed by atoms with van der Waals surface area (Å²) in [4.78, 5) is 58.0. The number of para-hydroxylation sites is 8. The van der Waals surface area contributed by atoms with Crippen LogP contribution in [0.4, 0.5) is 51.2 Å². The molecule has 24 rings (SSSR count). The molecule has 0 unspecified atom stereocenters. The number of carbonyl (C=O) groups is 4. The summed E-state index contributed by atoms with van der Waals surface area (Å²) in [5, 5.41) is 12.0. The minimum Gasteiger partial charge on any atom is -0.456 e. The summed E-state index contributed by atoms with van der Waals surface area (Å²) >= 11 is 13.5. The van der Waals surface area contributed by atoms with Gasteiger partial charge in [0.05, 0.1) is 33.2 Å². The summed E-state index contributed by atoms with van der Waals surface area (Å²) in [5.41, 5.74) is 23.6. The van der Waals surface area contributed by atoms with Gasteiger partial charge in [-0.3, -0.25) is 19.2 Å². The minimum atomic E-state index is -0.197. The van der Waals surface area contributed by atoms with E-state index in [9.17, 15) is 19.2 Å². The van der Waals surface area contributed by atoms with Crippen molar-refractivity contribution in [2.45, 2.75) is 40.0 Å². The number of rotatable bonds is 9. The smallest absolute Gasteiger partial charge is 0.456 e. The van der Waals surface area contributed by atoms with Gasteiger partial charge in [-0.05, 0) is 219 Å². The maximum atomic E-state index is 14.5. The van der Waals surface area contributed by atoms with Gasteiger partial charge in [0.25, 0.3) is 0 Å². The first-order chi connectivity index (χ1) is 64.2. The van der Waals surface area contributed by atoms with Crippen molar-refractivity contribution in [3.05, 3.63) is 464 Å². The molecule has 0 radical (unpaired) electrons. The van der Waals surface area contributed by atoms with Crippen LogP contribution in [0.25, 0.3) is 87.8 Å². The number of furan rings is 4. The van der Waals surface area contributed by atoms with Gasteiger partial charge < -0.3 is 50.2 Å². The molecule has 1 saturated heterocycles. The average molecular weight is 2000 g/mol. The Bertz CT molecular complexity index is 7370. The fraction of sp³-hybridized carbons (Fsp3) is 0.0696. The first kappa shape index (κ1) is 94.0. The quantitative estimate of drug-likeness (QED) is 0.0794. The van der Waals surface area contributed by atoms with Crippen LogP contribution in [0.5, 0.6) is 0 Å². The number of fused-ring (bicyclic) bond motifs is 16. The fourth-order valence-electron chi connectivity index (χ4n) is 16.1. The van der Waals surface area contributed by atoms with Crippen LogP contribution in [0.2, 0.25) is 0 Å². The second-order valence-electron chi connectivity index (χ2n) is 30.9. The number of anilines is 9. The van der Waals surface area contributed by atoms with Gasteiger partial charge in [-0.1, -0.05) is 273 Å². The van der Waals surface area contributed by atoms with Gasteiger partial charge >= 0.3 is 18.9 Å². The summed E-state index contributed by atoms with van der Waals surface area (Å²) in [7, 11) is 0. The monoisotopic (exact) mass is 1990 g/mol. The normalized spacial score (nSPS) is 11.9. The van der Waals surface area contributed by atoms with Gasteiger partial charge in [0.1, 0.15) is 44.7 Å². The largest absolute Gasteiger partial charge is 1.00 e. The molecule has 18 heteroatoms. The van der Waals surface area contributed by atoms with Gasteiger partial charge in [-0.15, -0.1) is 0 Å². The maximum Gasteiger partial charge on any atom is 1.00 e. The Kier molecular flexibility index (Phi) is 31.1. The molecule has 3 N–H and O–H groups in total. The Morgan fingerprint density at radius 2 is 0.632 bits per heavy atom. The van der Waals surface area contributed by atoms with Crippen molar-refractivity contribution in [3.8, 4) is 0 Å². The molecule has 2 aliphatic carbocycles. The number of unbranched alkanes of at least 4 members (excludes halogenated alkanes) is 1. The van der Waals surface area contributed by atoms with E-state index in [1.54, 1.807) is 48.5 Å². The Morgan fingerprint density at radius 1 is 0.316 bits per heavy atom. The summed E-state index contributed by atoms with van der Waals surface area (Å²) in [6.45, 7) is 7.72. The van der Waals surface area contributed by atoms with Crippen molar-refractivity contribution in [2.75, 3.05) is 34.1 Å². The van der Waals surface area contributed by atoms with E-state index in [1.165, 1.54) is 19.3 Å². The molecule has 1 fully saturated rings. The Hall–Kier alpha value is -13.7. The van der Waals surface area contributed by atoms with Crippen molar-refractivity contribution in [3.63, 3.8) is 0 Å². The third-order valence-electron chi connectivity index (χ3n) is 22.2. The molecule has 0 atom stereocenters. The van der Waals surface area contributed by atoms with Crippen molar-refractivity contribution >= 4 is 226 Å². The number of benzene rings is 17. The van der Waals surface area contributed by atoms with Crippen LogP contribution in [0.3, 0.4) is 0 Å². The molecular weight excluding hydrogens is 1910 g/mol. The van der Waals surface area contributed by atoms with Gasteiger partial charge in [0, 0.05) is 137 Å². The van der Waals surface area contributed by atoms with Crippen LogP contribution in [-0.2, 0) is 4.74 Å². The van der Waals surface area contributed by atoms with Crippen molar-refractivity contribution in [1.29, 1.82) is 0 Å². The van der Waals surface area contributed by atoms with E-state index in [0.29, 0.717) is 44.5 Å². The molecule has 652 valence electrons. The van der Waals surface area contributed by atoms with E-state index in [1.807, 2.05) is 291 Å². The molecule has 5 heterocycles. The standard InChI is InChI=1S/C50H30N2O4.C18H13NO.C14H6Br2O2.C12H7BrO.C6H5Br.C6H7N.C4H8O.C4H9.CH4.Li/c53-49-36-28-26-34(52(32-15-5-2-6-16-32)42-20-12-24-46-48(42)38-18-8-10-22-44(38)56-46)30-40(36)50(54)35-27-25-33(29-39(35)49)51(31-13-3-1-4-14-31)41-19-11-23-45-47(41)37-17-7-9-21-43(37)55-45;1-2-7-13(8-3-1)19-15-10-6-12-17-18(15)14-9-4-5-11-16(14)20-17;15-7-1-3-9-11(5-7)14(18)10-4-2-8(16)6-12(10)13(9)17;13-9-5-3-7-11-12(9)8-4-1-2-6-10(8)14-11;2*7-6-4-2-1-3-5-6;1-2-4-5-3-1;1-3-4-2;;/h1-30H;1-12,19H;1-6H;1-7H;1-5H;1-5H,7H2;1-4H2;1,3-4H2,2H3;1H4;/q;;;;;;;-1;;+1. The first-order valence-corrected chi connectivity index (χ1v) is 46.1. The summed E-state index contributed by atoms with van der Waals surface area (Å²) in [6, 6.07) is 127. The SMILES string of the molecule is Brc1cccc2oc3ccccc3c12.Brc1ccccc1.C.C1CCOC1.Nc1ccccc1.O=C1c2ccc(Br)cc2C(=O)c2ccc(Br)cc21.O=C1c2ccc(N(c3ccccc3)c3cccc4oc5ccccc5c34)cc2C(=O)c2ccc(N(c3ccccc3)c3cccc4oc5ccccc5c34)cc21.[CH2-]CCC.[Li+].c1ccc(Nc2cccc3oc4ccccc4c23)cc1. The Labute approximate surface area is 816 Å². The van der Waals surface area contributed by atoms with E-state index in [2.05, 4.69) is 147 Å². The maximum absolute atomic E-state index is 14.5. The van der Waals surface area contributed by atoms with Crippen LogP contribution in [0.1, 0.15) is 104 Å². The van der Waals surface area contributed by atoms with Crippen LogP contribution < -0.4 is 39.7 Å². The number of ether oxygens (including phenoxy) is 1. The Morgan fingerprint density at radius 3 is 1.00 bits per heavy atom. The average Bonchev–Trinajstić information content (AvgIpc) is 1.71. The van der Waals surface area contributed by atoms with Gasteiger partial charge in [0.2, 0.25) is 0 Å². The topological polar surface area (TPSA) is 175 Å². The third kappa shape index (κ3) is 21.0. The fourth-order valence-corrected chi connectivity index (χ4v) is 17.6. The van der Waals surface area contributed by atoms with Gasteiger partial charge in [0.15, 0.2) is 23.1 Å². The first-order valence-electron chi connectivity index (χ1n) is 42.9. The second-order valence-corrected chi connectivity index (χ2v) is 34.5. The van der Waals surface area contributed by atoms with Crippen LogP contribution in [0.15, 0.2) is 430 Å². The van der Waals surface area contributed by atoms with Gasteiger partial charge in [-0.2, -0.15) is 6.42 Å². The van der Waals surface area contributed by atoms with Gasteiger partial charge in [-0.25, -0.2) is 0 Å². The molecule has 1 aliphatic heterocycles. The number of hydrogen-bond acceptors (Lipinski definition) is 13. The zero-order chi connectivity index (χ0) is 90.3. The number of nitrogens with one attached hydrogen (secondary N) is 1. The predicted octanol–water partition coefficient (Wildman–Crippen LogP) is 30.6. The molecule has 21 aromatic rings. The van der Waals surface area contributed by atoms with E-state index in [4.69, 9.17) is 28.1 Å². The molecule has 133 heavy (non-hydrogen) atoms. The molecular formula is C115H89Br4LiN4O9. The number of carbonyl (C=O) groups excluding carboxylic acids is 4. The van der Waals surface area contributed by atoms with E-state index in [0.717, 1.165) is 176 Å². The van der Waals surface area contributed by atoms with Crippen LogP contribution >= 0.6 is 63.7 Å². The zero-order valence-corrected chi connectivity index (χ0v) is 78.5. The third-order valence-corrected chi connectivity index (χ3v) is 24.4. The molecule has 17 aromatic carbocycles. The molecule has 0 amide bonds. The van der Waals surface area contributed by atoms with E-state index in [-0.39, 0.29) is 49.4 Å². The molecule has 0 bridgehead atoms. The van der Waals surface area contributed by atoms with E-state index < -0.39 is 0 Å². The predicted molar refractivity (Wildman–Crippen MR) is 556 cm³/mol. The number of nitrogen functional groups attached to an aromatic ring is 1.